The Hall–Kier alpha value is -3.61. The number of anilines is 1. The van der Waals surface area contributed by atoms with Gasteiger partial charge in [-0.05, 0) is 50.6 Å². The molecular formula is C20H18N6O. The van der Waals surface area contributed by atoms with Crippen molar-refractivity contribution in [3.05, 3.63) is 71.6 Å². The number of amides is 1. The zero-order valence-corrected chi connectivity index (χ0v) is 15.3. The third-order valence-corrected chi connectivity index (χ3v) is 4.26. The minimum absolute atomic E-state index is 0.283. The van der Waals surface area contributed by atoms with Gasteiger partial charge in [-0.1, -0.05) is 6.07 Å². The molecule has 4 aromatic heterocycles. The molecule has 7 nitrogen and oxygen atoms in total. The van der Waals surface area contributed by atoms with Crippen molar-refractivity contribution in [1.82, 2.24) is 24.6 Å². The van der Waals surface area contributed by atoms with Gasteiger partial charge >= 0.3 is 0 Å². The van der Waals surface area contributed by atoms with E-state index in [1.165, 1.54) is 0 Å². The number of carbonyl (C=O) groups is 1. The van der Waals surface area contributed by atoms with Crippen LogP contribution in [0.25, 0.3) is 16.8 Å². The van der Waals surface area contributed by atoms with Gasteiger partial charge in [0.15, 0.2) is 5.65 Å². The summed E-state index contributed by atoms with van der Waals surface area (Å²) < 4.78 is 1.63. The van der Waals surface area contributed by atoms with E-state index in [1.54, 1.807) is 29.9 Å². The molecule has 27 heavy (non-hydrogen) atoms. The summed E-state index contributed by atoms with van der Waals surface area (Å²) in [5.74, 6) is 0.809. The highest BCUT2D eigenvalue weighted by Crippen LogP contribution is 2.25. The van der Waals surface area contributed by atoms with Gasteiger partial charge in [0.05, 0.1) is 5.56 Å². The third kappa shape index (κ3) is 3.27. The molecule has 7 heteroatoms. The monoisotopic (exact) mass is 358 g/mol. The van der Waals surface area contributed by atoms with E-state index < -0.39 is 0 Å². The highest BCUT2D eigenvalue weighted by molar-refractivity contribution is 6.08. The van der Waals surface area contributed by atoms with E-state index in [4.69, 9.17) is 0 Å². The topological polar surface area (TPSA) is 85.1 Å². The molecule has 0 atom stereocenters. The fourth-order valence-electron chi connectivity index (χ4n) is 2.97. The van der Waals surface area contributed by atoms with Gasteiger partial charge in [0.1, 0.15) is 11.6 Å². The Balaban J connectivity index is 1.83. The van der Waals surface area contributed by atoms with Crippen LogP contribution in [-0.2, 0) is 0 Å². The van der Waals surface area contributed by atoms with Gasteiger partial charge in [-0.15, -0.1) is 0 Å². The van der Waals surface area contributed by atoms with Crippen LogP contribution in [0.2, 0.25) is 0 Å². The van der Waals surface area contributed by atoms with Gasteiger partial charge in [-0.3, -0.25) is 9.78 Å². The molecule has 0 bridgehead atoms. The van der Waals surface area contributed by atoms with E-state index in [0.29, 0.717) is 22.9 Å². The van der Waals surface area contributed by atoms with Crippen molar-refractivity contribution in [2.45, 2.75) is 20.8 Å². The maximum Gasteiger partial charge on any atom is 0.260 e. The van der Waals surface area contributed by atoms with Crippen LogP contribution in [0.15, 0.2) is 48.9 Å². The van der Waals surface area contributed by atoms with Gasteiger partial charge in [0.2, 0.25) is 0 Å². The Morgan fingerprint density at radius 3 is 2.74 bits per heavy atom. The van der Waals surface area contributed by atoms with Gasteiger partial charge in [0.25, 0.3) is 5.91 Å². The summed E-state index contributed by atoms with van der Waals surface area (Å²) in [5, 5.41) is 7.23. The molecule has 0 radical (unpaired) electrons. The van der Waals surface area contributed by atoms with Gasteiger partial charge in [-0.25, -0.2) is 14.5 Å². The van der Waals surface area contributed by atoms with Gasteiger partial charge < -0.3 is 5.32 Å². The summed E-state index contributed by atoms with van der Waals surface area (Å²) in [5.41, 5.74) is 4.61. The number of nitrogens with zero attached hydrogens (tertiary/aromatic N) is 5. The number of hydrogen-bond acceptors (Lipinski definition) is 5. The normalized spacial score (nSPS) is 10.9. The number of rotatable bonds is 3. The maximum absolute atomic E-state index is 13.0. The van der Waals surface area contributed by atoms with Crippen molar-refractivity contribution in [3.63, 3.8) is 0 Å². The SMILES string of the molecule is Cc1cccc(NC(=O)c2cc(-c3cnccc3C)cn3nc(C)nc23)n1. The average molecular weight is 358 g/mol. The second-order valence-corrected chi connectivity index (χ2v) is 6.38. The summed E-state index contributed by atoms with van der Waals surface area (Å²) in [4.78, 5) is 25.9. The molecule has 4 rings (SSSR count). The van der Waals surface area contributed by atoms with Crippen LogP contribution in [-0.4, -0.2) is 30.5 Å². The molecular weight excluding hydrogens is 340 g/mol. The lowest BCUT2D eigenvalue weighted by molar-refractivity contribution is 0.102. The second kappa shape index (κ2) is 6.60. The van der Waals surface area contributed by atoms with E-state index in [-0.39, 0.29) is 5.91 Å². The predicted octanol–water partition coefficient (Wildman–Crippen LogP) is 3.36. The molecule has 134 valence electrons. The summed E-state index contributed by atoms with van der Waals surface area (Å²) >= 11 is 0. The van der Waals surface area contributed by atoms with Crippen molar-refractivity contribution in [3.8, 4) is 11.1 Å². The number of aromatic nitrogens is 5. The zero-order chi connectivity index (χ0) is 19.0. The fraction of sp³-hybridized carbons (Fsp3) is 0.150. The highest BCUT2D eigenvalue weighted by Gasteiger charge is 2.17. The smallest absolute Gasteiger partial charge is 0.260 e. The summed E-state index contributed by atoms with van der Waals surface area (Å²) in [6.07, 6.45) is 5.39. The Morgan fingerprint density at radius 1 is 1.11 bits per heavy atom. The molecule has 4 aromatic rings. The minimum Gasteiger partial charge on any atom is -0.306 e. The minimum atomic E-state index is -0.283. The van der Waals surface area contributed by atoms with Crippen LogP contribution < -0.4 is 5.32 Å². The van der Waals surface area contributed by atoms with E-state index in [1.807, 2.05) is 44.3 Å². The van der Waals surface area contributed by atoms with Crippen LogP contribution >= 0.6 is 0 Å². The molecule has 0 aliphatic heterocycles. The van der Waals surface area contributed by atoms with E-state index in [2.05, 4.69) is 25.4 Å². The fourth-order valence-corrected chi connectivity index (χ4v) is 2.97. The Morgan fingerprint density at radius 2 is 1.96 bits per heavy atom. The molecule has 0 unspecified atom stereocenters. The molecule has 0 aromatic carbocycles. The highest BCUT2D eigenvalue weighted by atomic mass is 16.1. The Kier molecular flexibility index (Phi) is 4.12. The Bertz CT molecular complexity index is 1160. The number of carbonyl (C=O) groups excluding carboxylic acids is 1. The van der Waals surface area contributed by atoms with Crippen molar-refractivity contribution in [2.75, 3.05) is 5.32 Å². The zero-order valence-electron chi connectivity index (χ0n) is 15.3. The first-order chi connectivity index (χ1) is 13.0. The summed E-state index contributed by atoms with van der Waals surface area (Å²) in [6, 6.07) is 9.24. The molecule has 0 saturated heterocycles. The van der Waals surface area contributed by atoms with Crippen molar-refractivity contribution in [2.24, 2.45) is 0 Å². The molecule has 1 N–H and O–H groups in total. The molecule has 1 amide bonds. The maximum atomic E-state index is 13.0. The lowest BCUT2D eigenvalue weighted by atomic mass is 10.0. The standard InChI is InChI=1S/C20H18N6O/c1-12-7-8-21-10-17(12)15-9-16(19-23-14(3)25-26(19)11-15)20(27)24-18-6-4-5-13(2)22-18/h4-11H,1-3H3,(H,22,24,27). The van der Waals surface area contributed by atoms with Crippen LogP contribution in [0.4, 0.5) is 5.82 Å². The number of aryl methyl sites for hydroxylation is 3. The molecule has 4 heterocycles. The van der Waals surface area contributed by atoms with Crippen LogP contribution in [0.1, 0.15) is 27.4 Å². The quantitative estimate of drug-likeness (QED) is 0.607. The molecule has 0 spiro atoms. The first kappa shape index (κ1) is 16.8. The molecule has 0 aliphatic carbocycles. The van der Waals surface area contributed by atoms with Crippen molar-refractivity contribution < 1.29 is 4.79 Å². The molecule has 0 aliphatic rings. The molecule has 0 fully saturated rings. The lowest BCUT2D eigenvalue weighted by Gasteiger charge is -2.10. The largest absolute Gasteiger partial charge is 0.306 e. The van der Waals surface area contributed by atoms with Crippen LogP contribution in [0, 0.1) is 20.8 Å². The van der Waals surface area contributed by atoms with E-state index >= 15 is 0 Å². The average Bonchev–Trinajstić information content (AvgIpc) is 3.01. The van der Waals surface area contributed by atoms with E-state index in [9.17, 15) is 4.79 Å². The second-order valence-electron chi connectivity index (χ2n) is 6.38. The number of fused-ring (bicyclic) bond motifs is 1. The first-order valence-corrected chi connectivity index (χ1v) is 8.54. The number of pyridine rings is 3. The first-order valence-electron chi connectivity index (χ1n) is 8.54. The predicted molar refractivity (Wildman–Crippen MR) is 103 cm³/mol. The van der Waals surface area contributed by atoms with Crippen molar-refractivity contribution >= 4 is 17.4 Å². The molecule has 0 saturated carbocycles. The third-order valence-electron chi connectivity index (χ3n) is 4.26. The van der Waals surface area contributed by atoms with Crippen molar-refractivity contribution in [1.29, 1.82) is 0 Å². The summed E-state index contributed by atoms with van der Waals surface area (Å²) in [7, 11) is 0. The van der Waals surface area contributed by atoms with Crippen LogP contribution in [0.3, 0.4) is 0 Å². The lowest BCUT2D eigenvalue weighted by Crippen LogP contribution is -2.15. The summed E-state index contributed by atoms with van der Waals surface area (Å²) in [6.45, 7) is 5.68. The van der Waals surface area contributed by atoms with Gasteiger partial charge in [-0.2, -0.15) is 5.10 Å². The number of hydrogen-bond donors (Lipinski definition) is 1. The Labute approximate surface area is 156 Å². The van der Waals surface area contributed by atoms with Crippen LogP contribution in [0.5, 0.6) is 0 Å². The van der Waals surface area contributed by atoms with E-state index in [0.717, 1.165) is 22.4 Å². The van der Waals surface area contributed by atoms with Gasteiger partial charge in [0, 0.05) is 35.4 Å². The number of nitrogens with one attached hydrogen (secondary N) is 1.